The van der Waals surface area contributed by atoms with E-state index >= 15 is 0 Å². The minimum Gasteiger partial charge on any atom is -0.324 e. The number of benzene rings is 1. The van der Waals surface area contributed by atoms with Crippen LogP contribution in [-0.4, -0.2) is 30.4 Å². The van der Waals surface area contributed by atoms with Crippen LogP contribution in [0.1, 0.15) is 44.5 Å². The summed E-state index contributed by atoms with van der Waals surface area (Å²) in [5.74, 6) is 0.434. The molecule has 0 bridgehead atoms. The van der Waals surface area contributed by atoms with Gasteiger partial charge in [0.25, 0.3) is 5.56 Å². The largest absolute Gasteiger partial charge is 0.324 e. The second kappa shape index (κ2) is 8.78. The van der Waals surface area contributed by atoms with Gasteiger partial charge < -0.3 is 10.6 Å². The van der Waals surface area contributed by atoms with Gasteiger partial charge >= 0.3 is 0 Å². The van der Waals surface area contributed by atoms with Crippen LogP contribution in [0.15, 0.2) is 60.2 Å². The van der Waals surface area contributed by atoms with Gasteiger partial charge in [-0.05, 0) is 48.7 Å². The van der Waals surface area contributed by atoms with E-state index in [4.69, 9.17) is 4.98 Å². The Bertz CT molecular complexity index is 1480. The molecule has 0 aliphatic carbocycles. The molecule has 4 heterocycles. The SMILES string of the molecule is C=CCn1c(=O)c2cnc(Nc3ccc4c(c3)CNC(C)C4)nc2n1-c1ccnc(C(C)(C)C)c1. The van der Waals surface area contributed by atoms with Crippen LogP contribution in [0.25, 0.3) is 16.7 Å². The average molecular weight is 470 g/mol. The van der Waals surface area contributed by atoms with Crippen LogP contribution >= 0.6 is 0 Å². The molecule has 0 fully saturated rings. The van der Waals surface area contributed by atoms with Crippen LogP contribution in [0.4, 0.5) is 11.6 Å². The van der Waals surface area contributed by atoms with Gasteiger partial charge in [-0.1, -0.05) is 32.9 Å². The van der Waals surface area contributed by atoms with Crippen molar-refractivity contribution in [1.82, 2.24) is 29.6 Å². The van der Waals surface area contributed by atoms with Crippen molar-refractivity contribution in [1.29, 1.82) is 0 Å². The fraction of sp³-hybridized carbons (Fsp3) is 0.333. The highest BCUT2D eigenvalue weighted by molar-refractivity contribution is 5.77. The van der Waals surface area contributed by atoms with Crippen molar-refractivity contribution in [3.63, 3.8) is 0 Å². The second-order valence-corrected chi connectivity index (χ2v) is 10.2. The fourth-order valence-corrected chi connectivity index (χ4v) is 4.48. The molecule has 0 amide bonds. The number of anilines is 2. The van der Waals surface area contributed by atoms with Crippen LogP contribution in [0.3, 0.4) is 0 Å². The number of nitrogens with one attached hydrogen (secondary N) is 2. The first-order valence-electron chi connectivity index (χ1n) is 11.9. The normalized spacial score (nSPS) is 15.7. The Morgan fingerprint density at radius 1 is 1.20 bits per heavy atom. The van der Waals surface area contributed by atoms with Gasteiger partial charge in [-0.15, -0.1) is 6.58 Å². The molecule has 0 spiro atoms. The molecule has 0 saturated carbocycles. The molecule has 4 aromatic rings. The molecule has 1 atom stereocenters. The lowest BCUT2D eigenvalue weighted by Gasteiger charge is -2.23. The number of allylic oxidation sites excluding steroid dienone is 1. The lowest BCUT2D eigenvalue weighted by Crippen LogP contribution is -2.32. The molecule has 1 unspecified atom stereocenters. The maximum absolute atomic E-state index is 13.2. The van der Waals surface area contributed by atoms with Gasteiger partial charge in [0.05, 0.1) is 12.2 Å². The van der Waals surface area contributed by atoms with Crippen molar-refractivity contribution >= 4 is 22.7 Å². The van der Waals surface area contributed by atoms with E-state index in [0.717, 1.165) is 30.0 Å². The molecule has 8 heteroatoms. The summed E-state index contributed by atoms with van der Waals surface area (Å²) in [7, 11) is 0. The van der Waals surface area contributed by atoms with Crippen molar-refractivity contribution in [2.45, 2.75) is 58.7 Å². The van der Waals surface area contributed by atoms with Gasteiger partial charge in [0, 0.05) is 41.8 Å². The number of rotatable bonds is 5. The zero-order valence-electron chi connectivity index (χ0n) is 20.7. The van der Waals surface area contributed by atoms with Crippen molar-refractivity contribution in [2.24, 2.45) is 0 Å². The summed E-state index contributed by atoms with van der Waals surface area (Å²) in [4.78, 5) is 27.0. The van der Waals surface area contributed by atoms with Crippen LogP contribution in [-0.2, 0) is 24.9 Å². The first kappa shape index (κ1) is 23.0. The first-order valence-corrected chi connectivity index (χ1v) is 11.9. The molecule has 1 aromatic carbocycles. The molecule has 1 aliphatic heterocycles. The minimum absolute atomic E-state index is 0.136. The summed E-state index contributed by atoms with van der Waals surface area (Å²) < 4.78 is 3.46. The van der Waals surface area contributed by atoms with E-state index in [1.165, 1.54) is 11.1 Å². The second-order valence-electron chi connectivity index (χ2n) is 10.2. The first-order chi connectivity index (χ1) is 16.7. The van der Waals surface area contributed by atoms with Gasteiger partial charge in [-0.2, -0.15) is 4.98 Å². The van der Waals surface area contributed by atoms with Crippen LogP contribution in [0.5, 0.6) is 0 Å². The lowest BCUT2D eigenvalue weighted by molar-refractivity contribution is 0.514. The lowest BCUT2D eigenvalue weighted by atomic mass is 9.91. The molecule has 5 rings (SSSR count). The molecule has 2 N–H and O–H groups in total. The highest BCUT2D eigenvalue weighted by atomic mass is 16.1. The quantitative estimate of drug-likeness (QED) is 0.425. The number of fused-ring (bicyclic) bond motifs is 2. The Morgan fingerprint density at radius 3 is 2.80 bits per heavy atom. The Labute approximate surface area is 204 Å². The third-order valence-corrected chi connectivity index (χ3v) is 6.36. The van der Waals surface area contributed by atoms with E-state index in [9.17, 15) is 4.79 Å². The Balaban J connectivity index is 1.60. The standard InChI is InChI=1S/C27H31N7O/c1-6-11-33-25(35)22-16-30-26(31-20-8-7-18-12-17(2)29-15-19(18)13-20)32-24(22)34(33)21-9-10-28-23(14-21)27(3,4)5/h6-10,13-14,16-17,29H,1,11-12,15H2,2-5H3,(H,30,31,32). The third kappa shape index (κ3) is 4.37. The summed E-state index contributed by atoms with van der Waals surface area (Å²) >= 11 is 0. The number of hydrogen-bond donors (Lipinski definition) is 2. The Hall–Kier alpha value is -3.78. The molecule has 1 aliphatic rings. The molecule has 3 aromatic heterocycles. The molecule has 8 nitrogen and oxygen atoms in total. The number of pyridine rings is 1. The van der Waals surface area contributed by atoms with E-state index in [2.05, 4.69) is 73.1 Å². The number of aromatic nitrogens is 5. The number of nitrogens with zero attached hydrogens (tertiary/aromatic N) is 5. The van der Waals surface area contributed by atoms with E-state index in [0.29, 0.717) is 29.6 Å². The predicted molar refractivity (Wildman–Crippen MR) is 140 cm³/mol. The van der Waals surface area contributed by atoms with E-state index in [1.807, 2.05) is 16.8 Å². The average Bonchev–Trinajstić information content (AvgIpc) is 3.10. The summed E-state index contributed by atoms with van der Waals surface area (Å²) in [6.45, 7) is 13.6. The monoisotopic (exact) mass is 469 g/mol. The van der Waals surface area contributed by atoms with Crippen LogP contribution in [0, 0.1) is 0 Å². The molecule has 0 radical (unpaired) electrons. The summed E-state index contributed by atoms with van der Waals surface area (Å²) in [6, 6.07) is 10.7. The van der Waals surface area contributed by atoms with Crippen molar-refractivity contribution in [2.75, 3.05) is 5.32 Å². The minimum atomic E-state index is -0.158. The smallest absolute Gasteiger partial charge is 0.278 e. The van der Waals surface area contributed by atoms with E-state index in [-0.39, 0.29) is 11.0 Å². The predicted octanol–water partition coefficient (Wildman–Crippen LogP) is 4.24. The third-order valence-electron chi connectivity index (χ3n) is 6.36. The van der Waals surface area contributed by atoms with Gasteiger partial charge in [0.2, 0.25) is 5.95 Å². The van der Waals surface area contributed by atoms with Crippen LogP contribution < -0.4 is 16.2 Å². The molecule has 180 valence electrons. The maximum Gasteiger partial charge on any atom is 0.278 e. The summed E-state index contributed by atoms with van der Waals surface area (Å²) in [5, 5.41) is 7.28. The highest BCUT2D eigenvalue weighted by Crippen LogP contribution is 2.25. The molecular formula is C27H31N7O. The highest BCUT2D eigenvalue weighted by Gasteiger charge is 2.21. The van der Waals surface area contributed by atoms with Crippen molar-refractivity contribution in [3.05, 3.63) is 82.6 Å². The maximum atomic E-state index is 13.2. The van der Waals surface area contributed by atoms with Crippen molar-refractivity contribution < 1.29 is 0 Å². The molecule has 35 heavy (non-hydrogen) atoms. The van der Waals surface area contributed by atoms with E-state index < -0.39 is 0 Å². The van der Waals surface area contributed by atoms with Gasteiger partial charge in [0.1, 0.15) is 5.39 Å². The molecule has 0 saturated heterocycles. The number of hydrogen-bond acceptors (Lipinski definition) is 6. The van der Waals surface area contributed by atoms with Crippen LogP contribution in [0.2, 0.25) is 0 Å². The van der Waals surface area contributed by atoms with Gasteiger partial charge in [-0.3, -0.25) is 9.78 Å². The Kier molecular flexibility index (Phi) is 5.76. The topological polar surface area (TPSA) is 89.7 Å². The Morgan fingerprint density at radius 2 is 2.03 bits per heavy atom. The van der Waals surface area contributed by atoms with Gasteiger partial charge in [-0.25, -0.2) is 14.3 Å². The summed E-state index contributed by atoms with van der Waals surface area (Å²) in [5.41, 5.74) is 5.54. The summed E-state index contributed by atoms with van der Waals surface area (Å²) in [6.07, 6.45) is 6.09. The van der Waals surface area contributed by atoms with Gasteiger partial charge in [0.15, 0.2) is 5.65 Å². The van der Waals surface area contributed by atoms with E-state index in [1.54, 1.807) is 23.2 Å². The van der Waals surface area contributed by atoms with Crippen molar-refractivity contribution in [3.8, 4) is 5.69 Å². The zero-order chi connectivity index (χ0) is 24.7. The fourth-order valence-electron chi connectivity index (χ4n) is 4.48. The zero-order valence-corrected chi connectivity index (χ0v) is 20.7. The molecular weight excluding hydrogens is 438 g/mol.